The molecule has 0 spiro atoms. The molecule has 0 aliphatic carbocycles. The van der Waals surface area contributed by atoms with Gasteiger partial charge in [-0.3, -0.25) is 4.68 Å². The number of hydrogen-bond donors (Lipinski definition) is 1. The van der Waals surface area contributed by atoms with Crippen LogP contribution in [0.4, 0.5) is 0 Å². The summed E-state index contributed by atoms with van der Waals surface area (Å²) in [4.78, 5) is 0. The Morgan fingerprint density at radius 2 is 1.95 bits per heavy atom. The van der Waals surface area contributed by atoms with Crippen LogP contribution in [0.25, 0.3) is 0 Å². The van der Waals surface area contributed by atoms with Crippen LogP contribution >= 0.6 is 31.9 Å². The van der Waals surface area contributed by atoms with E-state index < -0.39 is 0 Å². The molecule has 2 rings (SSSR count). The molecule has 5 heteroatoms. The van der Waals surface area contributed by atoms with Gasteiger partial charge in [0.25, 0.3) is 0 Å². The van der Waals surface area contributed by atoms with Gasteiger partial charge in [0.1, 0.15) is 0 Å². The topological polar surface area (TPSA) is 29.9 Å². The van der Waals surface area contributed by atoms with Gasteiger partial charge in [0.15, 0.2) is 0 Å². The zero-order valence-corrected chi connectivity index (χ0v) is 16.0. The molecule has 114 valence electrons. The second-order valence-corrected chi connectivity index (χ2v) is 7.07. The Labute approximate surface area is 143 Å². The quantitative estimate of drug-likeness (QED) is 0.746. The molecule has 0 saturated carbocycles. The molecular formula is C16H21Br2N3. The number of nitrogens with one attached hydrogen (secondary N) is 1. The van der Waals surface area contributed by atoms with Crippen LogP contribution in [-0.4, -0.2) is 16.3 Å². The average molecular weight is 415 g/mol. The Bertz CT molecular complexity index is 620. The van der Waals surface area contributed by atoms with Crippen molar-refractivity contribution in [3.8, 4) is 0 Å². The van der Waals surface area contributed by atoms with Gasteiger partial charge in [-0.1, -0.05) is 35.0 Å². The Kier molecular flexibility index (Phi) is 5.63. The Hall–Kier alpha value is -0.650. The van der Waals surface area contributed by atoms with Crippen LogP contribution in [0.1, 0.15) is 49.7 Å². The zero-order chi connectivity index (χ0) is 15.6. The molecule has 21 heavy (non-hydrogen) atoms. The second kappa shape index (κ2) is 7.07. The molecule has 1 unspecified atom stereocenters. The molecule has 1 atom stereocenters. The molecule has 1 heterocycles. The van der Waals surface area contributed by atoms with E-state index in [0.717, 1.165) is 15.5 Å². The van der Waals surface area contributed by atoms with E-state index in [1.807, 2.05) is 6.20 Å². The van der Waals surface area contributed by atoms with Crippen molar-refractivity contribution in [3.63, 3.8) is 0 Å². The first-order valence-electron chi connectivity index (χ1n) is 7.18. The van der Waals surface area contributed by atoms with Crippen LogP contribution in [0.2, 0.25) is 0 Å². The lowest BCUT2D eigenvalue weighted by molar-refractivity contribution is 0.474. The minimum Gasteiger partial charge on any atom is -0.305 e. The fourth-order valence-corrected chi connectivity index (χ4v) is 3.41. The summed E-state index contributed by atoms with van der Waals surface area (Å²) in [5.41, 5.74) is 3.70. The van der Waals surface area contributed by atoms with Crippen LogP contribution in [0.5, 0.6) is 0 Å². The van der Waals surface area contributed by atoms with E-state index >= 15 is 0 Å². The van der Waals surface area contributed by atoms with E-state index in [2.05, 4.69) is 92.9 Å². The van der Waals surface area contributed by atoms with Crippen LogP contribution < -0.4 is 5.32 Å². The normalized spacial score (nSPS) is 12.9. The first-order valence-corrected chi connectivity index (χ1v) is 8.77. The number of halogens is 2. The summed E-state index contributed by atoms with van der Waals surface area (Å²) in [5.74, 6) is 0. The number of hydrogen-bond acceptors (Lipinski definition) is 2. The molecule has 0 amide bonds. The highest BCUT2D eigenvalue weighted by Crippen LogP contribution is 2.33. The molecule has 0 aliphatic heterocycles. The van der Waals surface area contributed by atoms with Gasteiger partial charge in [-0.05, 0) is 60.4 Å². The summed E-state index contributed by atoms with van der Waals surface area (Å²) in [7, 11) is 0. The molecule has 3 nitrogen and oxygen atoms in total. The van der Waals surface area contributed by atoms with E-state index in [1.54, 1.807) is 0 Å². The van der Waals surface area contributed by atoms with E-state index in [1.165, 1.54) is 16.8 Å². The summed E-state index contributed by atoms with van der Waals surface area (Å²) < 4.78 is 4.26. The van der Waals surface area contributed by atoms with E-state index in [-0.39, 0.29) is 6.04 Å². The highest BCUT2D eigenvalue weighted by Gasteiger charge is 2.24. The number of aromatic nitrogens is 2. The highest BCUT2D eigenvalue weighted by atomic mass is 79.9. The van der Waals surface area contributed by atoms with Gasteiger partial charge in [-0.2, -0.15) is 5.10 Å². The molecule has 0 aliphatic rings. The van der Waals surface area contributed by atoms with Crippen LogP contribution in [0.15, 0.2) is 33.3 Å². The molecular weight excluding hydrogens is 394 g/mol. The first kappa shape index (κ1) is 16.7. The SMILES string of the molecule is CCNC(c1cccc(Br)c1C)c1c(Br)cnn1C(C)C. The predicted molar refractivity (Wildman–Crippen MR) is 94.7 cm³/mol. The third-order valence-corrected chi connectivity index (χ3v) is 5.05. The molecule has 1 N–H and O–H groups in total. The van der Waals surface area contributed by atoms with E-state index in [0.29, 0.717) is 6.04 Å². The van der Waals surface area contributed by atoms with Gasteiger partial charge >= 0.3 is 0 Å². The molecule has 0 saturated heterocycles. The van der Waals surface area contributed by atoms with Crippen LogP contribution in [0, 0.1) is 6.92 Å². The molecule has 1 aromatic heterocycles. The third-order valence-electron chi connectivity index (χ3n) is 3.58. The van der Waals surface area contributed by atoms with Crippen molar-refractivity contribution in [3.05, 3.63) is 50.2 Å². The van der Waals surface area contributed by atoms with Gasteiger partial charge in [0.05, 0.1) is 22.4 Å². The zero-order valence-electron chi connectivity index (χ0n) is 12.8. The number of benzene rings is 1. The summed E-state index contributed by atoms with van der Waals surface area (Å²) in [6.07, 6.45) is 1.88. The van der Waals surface area contributed by atoms with E-state index in [9.17, 15) is 0 Å². The lowest BCUT2D eigenvalue weighted by Gasteiger charge is -2.24. The minimum absolute atomic E-state index is 0.117. The first-order chi connectivity index (χ1) is 9.97. The number of nitrogens with zero attached hydrogens (tertiary/aromatic N) is 2. The van der Waals surface area contributed by atoms with Crippen molar-refractivity contribution in [1.82, 2.24) is 15.1 Å². The Morgan fingerprint density at radius 1 is 1.24 bits per heavy atom. The standard InChI is InChI=1S/C16H21Br2N3/c1-5-19-15(12-7-6-8-13(17)11(12)4)16-14(18)9-20-21(16)10(2)3/h6-10,15,19H,5H2,1-4H3. The maximum absolute atomic E-state index is 4.51. The predicted octanol–water partition coefficient (Wildman–Crippen LogP) is 5.00. The van der Waals surface area contributed by atoms with Crippen LogP contribution in [0.3, 0.4) is 0 Å². The van der Waals surface area contributed by atoms with Gasteiger partial charge in [-0.25, -0.2) is 0 Å². The molecule has 1 aromatic carbocycles. The van der Waals surface area contributed by atoms with Crippen molar-refractivity contribution >= 4 is 31.9 Å². The van der Waals surface area contributed by atoms with E-state index in [4.69, 9.17) is 0 Å². The minimum atomic E-state index is 0.117. The third kappa shape index (κ3) is 3.41. The molecule has 0 fully saturated rings. The monoisotopic (exact) mass is 413 g/mol. The highest BCUT2D eigenvalue weighted by molar-refractivity contribution is 9.10. The van der Waals surface area contributed by atoms with Gasteiger partial charge in [0, 0.05) is 10.5 Å². The second-order valence-electron chi connectivity index (χ2n) is 5.36. The van der Waals surface area contributed by atoms with Gasteiger partial charge in [0.2, 0.25) is 0 Å². The summed E-state index contributed by atoms with van der Waals surface area (Å²) in [5, 5.41) is 8.11. The Balaban J connectivity index is 2.59. The van der Waals surface area contributed by atoms with Crippen molar-refractivity contribution in [2.45, 2.75) is 39.8 Å². The summed E-state index contributed by atoms with van der Waals surface area (Å²) >= 11 is 7.29. The molecule has 0 radical (unpaired) electrons. The molecule has 0 bridgehead atoms. The lowest BCUT2D eigenvalue weighted by Crippen LogP contribution is -2.26. The summed E-state index contributed by atoms with van der Waals surface area (Å²) in [6, 6.07) is 6.78. The van der Waals surface area contributed by atoms with Gasteiger partial charge < -0.3 is 5.32 Å². The Morgan fingerprint density at radius 3 is 2.57 bits per heavy atom. The maximum Gasteiger partial charge on any atom is 0.0762 e. The largest absolute Gasteiger partial charge is 0.305 e. The average Bonchev–Trinajstić information content (AvgIpc) is 2.82. The lowest BCUT2D eigenvalue weighted by atomic mass is 9.98. The van der Waals surface area contributed by atoms with Crippen molar-refractivity contribution in [2.24, 2.45) is 0 Å². The molecule has 2 aromatic rings. The van der Waals surface area contributed by atoms with Crippen molar-refractivity contribution in [1.29, 1.82) is 0 Å². The number of rotatable bonds is 5. The fraction of sp³-hybridized carbons (Fsp3) is 0.438. The van der Waals surface area contributed by atoms with Crippen molar-refractivity contribution < 1.29 is 0 Å². The summed E-state index contributed by atoms with van der Waals surface area (Å²) in [6.45, 7) is 9.48. The smallest absolute Gasteiger partial charge is 0.0762 e. The maximum atomic E-state index is 4.51. The fourth-order valence-electron chi connectivity index (χ4n) is 2.53. The van der Waals surface area contributed by atoms with Gasteiger partial charge in [-0.15, -0.1) is 0 Å². The van der Waals surface area contributed by atoms with Crippen molar-refractivity contribution in [2.75, 3.05) is 6.54 Å². The van der Waals surface area contributed by atoms with Crippen LogP contribution in [-0.2, 0) is 0 Å².